The molecular formula is C17H17N3O3S. The van der Waals surface area contributed by atoms with Gasteiger partial charge in [-0.3, -0.25) is 4.79 Å². The number of hydrogen-bond donors (Lipinski definition) is 0. The molecule has 3 heterocycles. The summed E-state index contributed by atoms with van der Waals surface area (Å²) < 4.78 is 10.4. The van der Waals surface area contributed by atoms with Crippen LogP contribution < -0.4 is 0 Å². The van der Waals surface area contributed by atoms with Gasteiger partial charge in [-0.05, 0) is 23.6 Å². The molecule has 124 valence electrons. The molecule has 0 N–H and O–H groups in total. The van der Waals surface area contributed by atoms with E-state index < -0.39 is 0 Å². The number of aryl methyl sites for hydroxylation is 1. The molecule has 0 atom stereocenters. The fraction of sp³-hybridized carbons (Fsp3) is 0.235. The first-order chi connectivity index (χ1) is 11.8. The average Bonchev–Trinajstić information content (AvgIpc) is 3.32. The van der Waals surface area contributed by atoms with Crippen LogP contribution in [-0.2, 0) is 17.8 Å². The van der Waals surface area contributed by atoms with Crippen molar-refractivity contribution < 1.29 is 13.7 Å². The van der Waals surface area contributed by atoms with E-state index in [0.717, 1.165) is 4.88 Å². The van der Waals surface area contributed by atoms with Crippen molar-refractivity contribution in [1.82, 2.24) is 15.0 Å². The van der Waals surface area contributed by atoms with Gasteiger partial charge >= 0.3 is 0 Å². The van der Waals surface area contributed by atoms with Crippen LogP contribution in [0.5, 0.6) is 0 Å². The molecule has 0 unspecified atom stereocenters. The minimum absolute atomic E-state index is 0.0287. The van der Waals surface area contributed by atoms with Crippen LogP contribution in [0.3, 0.4) is 0 Å². The molecule has 0 radical (unpaired) electrons. The molecule has 0 aliphatic rings. The van der Waals surface area contributed by atoms with Gasteiger partial charge in [0.2, 0.25) is 17.6 Å². The molecule has 6 nitrogen and oxygen atoms in total. The van der Waals surface area contributed by atoms with Gasteiger partial charge in [-0.2, -0.15) is 4.98 Å². The van der Waals surface area contributed by atoms with Crippen LogP contribution in [0.4, 0.5) is 0 Å². The molecule has 0 bridgehead atoms. The minimum Gasteiger partial charge on any atom is -0.461 e. The minimum atomic E-state index is 0.0287. The van der Waals surface area contributed by atoms with Crippen molar-refractivity contribution in [3.05, 3.63) is 59.3 Å². The summed E-state index contributed by atoms with van der Waals surface area (Å²) in [6.45, 7) is 4.82. The first-order valence-corrected chi connectivity index (χ1v) is 8.41. The average molecular weight is 343 g/mol. The fourth-order valence-corrected chi connectivity index (χ4v) is 2.95. The van der Waals surface area contributed by atoms with Gasteiger partial charge in [-0.15, -0.1) is 17.9 Å². The Hall–Kier alpha value is -2.67. The summed E-state index contributed by atoms with van der Waals surface area (Å²) in [6.07, 6.45) is 3.98. The van der Waals surface area contributed by atoms with Crippen LogP contribution in [0.2, 0.25) is 0 Å². The fourth-order valence-electron chi connectivity index (χ4n) is 2.24. The van der Waals surface area contributed by atoms with Crippen LogP contribution in [-0.4, -0.2) is 27.5 Å². The summed E-state index contributed by atoms with van der Waals surface area (Å²) >= 11 is 1.63. The monoisotopic (exact) mass is 343 g/mol. The van der Waals surface area contributed by atoms with Crippen molar-refractivity contribution in [2.24, 2.45) is 0 Å². The van der Waals surface area contributed by atoms with Crippen LogP contribution in [0.1, 0.15) is 17.2 Å². The third kappa shape index (κ3) is 3.99. The number of carbonyl (C=O) groups excluding carboxylic acids is 1. The van der Waals surface area contributed by atoms with Gasteiger partial charge in [-0.25, -0.2) is 0 Å². The predicted molar refractivity (Wildman–Crippen MR) is 90.3 cm³/mol. The highest BCUT2D eigenvalue weighted by Crippen LogP contribution is 2.17. The van der Waals surface area contributed by atoms with E-state index in [1.165, 1.54) is 0 Å². The molecule has 3 rings (SSSR count). The van der Waals surface area contributed by atoms with Crippen molar-refractivity contribution in [1.29, 1.82) is 0 Å². The number of rotatable bonds is 8. The number of hydrogen-bond acceptors (Lipinski definition) is 6. The molecule has 0 aliphatic heterocycles. The van der Waals surface area contributed by atoms with E-state index in [9.17, 15) is 4.79 Å². The second kappa shape index (κ2) is 7.74. The van der Waals surface area contributed by atoms with E-state index in [1.807, 2.05) is 17.5 Å². The lowest BCUT2D eigenvalue weighted by atomic mass is 10.2. The van der Waals surface area contributed by atoms with Gasteiger partial charge in [-0.1, -0.05) is 17.3 Å². The van der Waals surface area contributed by atoms with Crippen LogP contribution >= 0.6 is 11.3 Å². The topological polar surface area (TPSA) is 72.4 Å². The Morgan fingerprint density at radius 1 is 1.38 bits per heavy atom. The van der Waals surface area contributed by atoms with Crippen molar-refractivity contribution in [2.45, 2.75) is 19.4 Å². The number of amides is 1. The zero-order valence-corrected chi connectivity index (χ0v) is 13.9. The van der Waals surface area contributed by atoms with Crippen molar-refractivity contribution in [3.8, 4) is 11.6 Å². The SMILES string of the molecule is C=CCN(Cc1cccs1)C(=O)CCc1nc(-c2ccco2)no1. The Kier molecular flexibility index (Phi) is 5.22. The van der Waals surface area contributed by atoms with Gasteiger partial charge < -0.3 is 13.8 Å². The third-order valence-corrected chi connectivity index (χ3v) is 4.25. The number of thiophene rings is 1. The highest BCUT2D eigenvalue weighted by molar-refractivity contribution is 7.09. The van der Waals surface area contributed by atoms with Gasteiger partial charge in [0.15, 0.2) is 5.76 Å². The summed E-state index contributed by atoms with van der Waals surface area (Å²) in [5, 5.41) is 5.86. The van der Waals surface area contributed by atoms with Crippen molar-refractivity contribution in [3.63, 3.8) is 0 Å². The maximum atomic E-state index is 12.4. The Balaban J connectivity index is 1.58. The Labute approximate surface area is 143 Å². The molecule has 0 saturated heterocycles. The lowest BCUT2D eigenvalue weighted by molar-refractivity contribution is -0.131. The first-order valence-electron chi connectivity index (χ1n) is 7.54. The van der Waals surface area contributed by atoms with Gasteiger partial charge in [0.25, 0.3) is 0 Å². The smallest absolute Gasteiger partial charge is 0.238 e. The molecule has 0 saturated carbocycles. The second-order valence-corrected chi connectivity index (χ2v) is 6.16. The Morgan fingerprint density at radius 3 is 3.00 bits per heavy atom. The van der Waals surface area contributed by atoms with Crippen molar-refractivity contribution in [2.75, 3.05) is 6.54 Å². The summed E-state index contributed by atoms with van der Waals surface area (Å²) in [4.78, 5) is 19.6. The largest absolute Gasteiger partial charge is 0.461 e. The van der Waals surface area contributed by atoms with Gasteiger partial charge in [0.1, 0.15) is 0 Å². The maximum absolute atomic E-state index is 12.4. The van der Waals surface area contributed by atoms with E-state index in [2.05, 4.69) is 16.7 Å². The van der Waals surface area contributed by atoms with Gasteiger partial charge in [0.05, 0.1) is 12.8 Å². The third-order valence-electron chi connectivity index (χ3n) is 3.39. The lowest BCUT2D eigenvalue weighted by Gasteiger charge is -2.20. The summed E-state index contributed by atoms with van der Waals surface area (Å²) in [5.74, 6) is 1.39. The highest BCUT2D eigenvalue weighted by atomic mass is 32.1. The van der Waals surface area contributed by atoms with Crippen LogP contribution in [0.25, 0.3) is 11.6 Å². The summed E-state index contributed by atoms with van der Waals surface area (Å²) in [6, 6.07) is 7.51. The molecule has 3 aromatic heterocycles. The molecule has 24 heavy (non-hydrogen) atoms. The molecule has 7 heteroatoms. The van der Waals surface area contributed by atoms with Crippen LogP contribution in [0, 0.1) is 0 Å². The van der Waals surface area contributed by atoms with Gasteiger partial charge in [0, 0.05) is 24.3 Å². The summed E-state index contributed by atoms with van der Waals surface area (Å²) in [5.41, 5.74) is 0. The zero-order chi connectivity index (χ0) is 16.8. The lowest BCUT2D eigenvalue weighted by Crippen LogP contribution is -2.30. The van der Waals surface area contributed by atoms with Crippen molar-refractivity contribution >= 4 is 17.2 Å². The number of nitrogens with zero attached hydrogens (tertiary/aromatic N) is 3. The van der Waals surface area contributed by atoms with E-state index in [1.54, 1.807) is 40.7 Å². The van der Waals surface area contributed by atoms with E-state index in [4.69, 9.17) is 8.94 Å². The Bertz CT molecular complexity index is 778. The molecule has 3 aromatic rings. The molecule has 0 fully saturated rings. The molecule has 0 aromatic carbocycles. The first kappa shape index (κ1) is 16.2. The number of carbonyl (C=O) groups is 1. The van der Waals surface area contributed by atoms with E-state index in [0.29, 0.717) is 43.4 Å². The quantitative estimate of drug-likeness (QED) is 0.585. The number of furan rings is 1. The van der Waals surface area contributed by atoms with Crippen LogP contribution in [0.15, 0.2) is 57.5 Å². The number of aromatic nitrogens is 2. The predicted octanol–water partition coefficient (Wildman–Crippen LogP) is 3.54. The molecular weight excluding hydrogens is 326 g/mol. The van der Waals surface area contributed by atoms with E-state index in [-0.39, 0.29) is 5.91 Å². The zero-order valence-electron chi connectivity index (χ0n) is 13.1. The Morgan fingerprint density at radius 2 is 2.29 bits per heavy atom. The standard InChI is InChI=1S/C17H17N3O3S/c1-2-9-20(12-13-5-4-11-24-13)16(21)8-7-15-18-17(19-23-15)14-6-3-10-22-14/h2-6,10-11H,1,7-9,12H2. The second-order valence-electron chi connectivity index (χ2n) is 5.13. The normalized spacial score (nSPS) is 10.7. The molecule has 0 spiro atoms. The highest BCUT2D eigenvalue weighted by Gasteiger charge is 2.16. The summed E-state index contributed by atoms with van der Waals surface area (Å²) in [7, 11) is 0. The maximum Gasteiger partial charge on any atom is 0.238 e. The van der Waals surface area contributed by atoms with E-state index >= 15 is 0 Å². The molecule has 1 amide bonds. The molecule has 0 aliphatic carbocycles.